The van der Waals surface area contributed by atoms with Crippen LogP contribution in [0.1, 0.15) is 16.9 Å². The van der Waals surface area contributed by atoms with E-state index in [-0.39, 0.29) is 6.54 Å². The zero-order valence-corrected chi connectivity index (χ0v) is 11.0. The summed E-state index contributed by atoms with van der Waals surface area (Å²) in [5.41, 5.74) is 1.62. The van der Waals surface area contributed by atoms with Crippen molar-refractivity contribution in [3.8, 4) is 0 Å². The second-order valence-electron chi connectivity index (χ2n) is 4.07. The Kier molecular flexibility index (Phi) is 3.49. The molecule has 2 aromatic rings. The van der Waals surface area contributed by atoms with Crippen LogP contribution in [0.15, 0.2) is 39.9 Å². The summed E-state index contributed by atoms with van der Waals surface area (Å²) in [5, 5.41) is 3.52. The van der Waals surface area contributed by atoms with Gasteiger partial charge in [-0.25, -0.2) is 13.1 Å². The number of aryl methyl sites for hydroxylation is 2. The highest BCUT2D eigenvalue weighted by atomic mass is 32.2. The molecule has 2 rings (SSSR count). The van der Waals surface area contributed by atoms with Crippen molar-refractivity contribution in [2.24, 2.45) is 0 Å². The van der Waals surface area contributed by atoms with E-state index in [1.165, 1.54) is 6.20 Å². The summed E-state index contributed by atoms with van der Waals surface area (Å²) in [6, 6.07) is 6.94. The fraction of sp³-hybridized carbons (Fsp3) is 0.250. The molecule has 6 heteroatoms. The minimum atomic E-state index is -3.53. The Balaban J connectivity index is 2.22. The van der Waals surface area contributed by atoms with E-state index in [0.717, 1.165) is 5.56 Å². The third-order valence-corrected chi connectivity index (χ3v) is 4.10. The van der Waals surface area contributed by atoms with E-state index in [2.05, 4.69) is 9.88 Å². The van der Waals surface area contributed by atoms with Crippen LogP contribution in [0.4, 0.5) is 0 Å². The van der Waals surface area contributed by atoms with Crippen molar-refractivity contribution in [3.63, 3.8) is 0 Å². The summed E-state index contributed by atoms with van der Waals surface area (Å²) in [4.78, 5) is 0.294. The van der Waals surface area contributed by atoms with Crippen LogP contribution in [-0.2, 0) is 16.6 Å². The molecule has 18 heavy (non-hydrogen) atoms. The number of hydrogen-bond acceptors (Lipinski definition) is 4. The molecule has 0 bridgehead atoms. The molecule has 1 aromatic heterocycles. The second kappa shape index (κ2) is 4.91. The van der Waals surface area contributed by atoms with Crippen LogP contribution in [0.5, 0.6) is 0 Å². The van der Waals surface area contributed by atoms with Crippen LogP contribution < -0.4 is 4.72 Å². The van der Waals surface area contributed by atoms with Gasteiger partial charge in [0.15, 0.2) is 5.76 Å². The SMILES string of the molecule is Cc1ccc(C)c(S(=O)(=O)NCc2ccno2)c1. The Morgan fingerprint density at radius 2 is 2.06 bits per heavy atom. The highest BCUT2D eigenvalue weighted by molar-refractivity contribution is 7.89. The Morgan fingerprint density at radius 1 is 1.28 bits per heavy atom. The highest BCUT2D eigenvalue weighted by Gasteiger charge is 2.17. The normalized spacial score (nSPS) is 11.7. The fourth-order valence-corrected chi connectivity index (χ4v) is 2.89. The molecule has 0 aliphatic heterocycles. The summed E-state index contributed by atoms with van der Waals surface area (Å²) < 4.78 is 31.6. The predicted molar refractivity (Wildman–Crippen MR) is 66.4 cm³/mol. The number of rotatable bonds is 4. The number of sulfonamides is 1. The molecule has 0 saturated carbocycles. The van der Waals surface area contributed by atoms with Gasteiger partial charge in [0.1, 0.15) is 0 Å². The summed E-state index contributed by atoms with van der Waals surface area (Å²) in [6.45, 7) is 3.72. The van der Waals surface area contributed by atoms with Gasteiger partial charge in [-0.2, -0.15) is 0 Å². The maximum absolute atomic E-state index is 12.1. The Hall–Kier alpha value is -1.66. The second-order valence-corrected chi connectivity index (χ2v) is 5.81. The van der Waals surface area contributed by atoms with Crippen LogP contribution in [0.25, 0.3) is 0 Å². The fourth-order valence-electron chi connectivity index (χ4n) is 1.57. The summed E-state index contributed by atoms with van der Waals surface area (Å²) in [6.07, 6.45) is 1.47. The smallest absolute Gasteiger partial charge is 0.241 e. The van der Waals surface area contributed by atoms with Crippen molar-refractivity contribution in [3.05, 3.63) is 47.3 Å². The van der Waals surface area contributed by atoms with E-state index in [1.807, 2.05) is 13.0 Å². The largest absolute Gasteiger partial charge is 0.360 e. The lowest BCUT2D eigenvalue weighted by molar-refractivity contribution is 0.380. The van der Waals surface area contributed by atoms with Gasteiger partial charge in [-0.05, 0) is 31.0 Å². The van der Waals surface area contributed by atoms with E-state index in [9.17, 15) is 8.42 Å². The van der Waals surface area contributed by atoms with Crippen LogP contribution >= 0.6 is 0 Å². The maximum Gasteiger partial charge on any atom is 0.241 e. The molecule has 0 spiro atoms. The highest BCUT2D eigenvalue weighted by Crippen LogP contribution is 2.16. The molecular formula is C12H14N2O3S. The zero-order valence-electron chi connectivity index (χ0n) is 10.2. The number of nitrogens with zero attached hydrogens (tertiary/aromatic N) is 1. The van der Waals surface area contributed by atoms with Crippen LogP contribution in [0, 0.1) is 13.8 Å². The molecule has 5 nitrogen and oxygen atoms in total. The molecular weight excluding hydrogens is 252 g/mol. The standard InChI is InChI=1S/C12H14N2O3S/c1-9-3-4-10(2)12(7-9)18(15,16)14-8-11-5-6-13-17-11/h3-7,14H,8H2,1-2H3. The first-order chi connectivity index (χ1) is 8.49. The van der Waals surface area contributed by atoms with Gasteiger partial charge in [-0.1, -0.05) is 17.3 Å². The number of hydrogen-bond donors (Lipinski definition) is 1. The lowest BCUT2D eigenvalue weighted by Gasteiger charge is -2.08. The minimum Gasteiger partial charge on any atom is -0.360 e. The van der Waals surface area contributed by atoms with Crippen LogP contribution in [0.3, 0.4) is 0 Å². The summed E-state index contributed by atoms with van der Waals surface area (Å²) in [7, 11) is -3.53. The average Bonchev–Trinajstić information content (AvgIpc) is 2.83. The van der Waals surface area contributed by atoms with Crippen molar-refractivity contribution in [2.75, 3.05) is 0 Å². The molecule has 0 aliphatic carbocycles. The monoisotopic (exact) mass is 266 g/mol. The topological polar surface area (TPSA) is 72.2 Å². The number of aromatic nitrogens is 1. The lowest BCUT2D eigenvalue weighted by Crippen LogP contribution is -2.23. The van der Waals surface area contributed by atoms with Crippen molar-refractivity contribution >= 4 is 10.0 Å². The van der Waals surface area contributed by atoms with E-state index >= 15 is 0 Å². The van der Waals surface area contributed by atoms with E-state index < -0.39 is 10.0 Å². The van der Waals surface area contributed by atoms with E-state index in [0.29, 0.717) is 16.2 Å². The average molecular weight is 266 g/mol. The third kappa shape index (κ3) is 2.77. The van der Waals surface area contributed by atoms with Gasteiger partial charge < -0.3 is 4.52 Å². The maximum atomic E-state index is 12.1. The molecule has 0 radical (unpaired) electrons. The molecule has 1 aromatic carbocycles. The summed E-state index contributed by atoms with van der Waals surface area (Å²) >= 11 is 0. The van der Waals surface area contributed by atoms with Crippen LogP contribution in [0.2, 0.25) is 0 Å². The van der Waals surface area contributed by atoms with Gasteiger partial charge in [-0.3, -0.25) is 0 Å². The van der Waals surface area contributed by atoms with Gasteiger partial charge in [-0.15, -0.1) is 0 Å². The number of benzene rings is 1. The molecule has 1 N–H and O–H groups in total. The summed E-state index contributed by atoms with van der Waals surface area (Å²) in [5.74, 6) is 0.476. The quantitative estimate of drug-likeness (QED) is 0.915. The molecule has 0 atom stereocenters. The first-order valence-electron chi connectivity index (χ1n) is 5.45. The molecule has 0 fully saturated rings. The molecule has 0 saturated heterocycles. The van der Waals surface area contributed by atoms with Gasteiger partial charge in [0.2, 0.25) is 10.0 Å². The van der Waals surface area contributed by atoms with Crippen molar-refractivity contribution in [1.29, 1.82) is 0 Å². The zero-order chi connectivity index (χ0) is 13.2. The van der Waals surface area contributed by atoms with Crippen molar-refractivity contribution in [1.82, 2.24) is 9.88 Å². The molecule has 1 heterocycles. The van der Waals surface area contributed by atoms with E-state index in [4.69, 9.17) is 4.52 Å². The van der Waals surface area contributed by atoms with E-state index in [1.54, 1.807) is 25.1 Å². The van der Waals surface area contributed by atoms with Crippen LogP contribution in [-0.4, -0.2) is 13.6 Å². The van der Waals surface area contributed by atoms with Gasteiger partial charge in [0.05, 0.1) is 17.6 Å². The van der Waals surface area contributed by atoms with Crippen molar-refractivity contribution in [2.45, 2.75) is 25.3 Å². The van der Waals surface area contributed by atoms with Gasteiger partial charge in [0, 0.05) is 6.07 Å². The Labute approximate surface area is 106 Å². The predicted octanol–water partition coefficient (Wildman–Crippen LogP) is 1.77. The Morgan fingerprint density at radius 3 is 2.72 bits per heavy atom. The Bertz CT molecular complexity index is 633. The van der Waals surface area contributed by atoms with Crippen molar-refractivity contribution < 1.29 is 12.9 Å². The van der Waals surface area contributed by atoms with Gasteiger partial charge >= 0.3 is 0 Å². The molecule has 0 aliphatic rings. The lowest BCUT2D eigenvalue weighted by atomic mass is 10.2. The van der Waals surface area contributed by atoms with Gasteiger partial charge in [0.25, 0.3) is 0 Å². The minimum absolute atomic E-state index is 0.0930. The third-order valence-electron chi connectivity index (χ3n) is 2.56. The molecule has 0 unspecified atom stereocenters. The molecule has 96 valence electrons. The number of nitrogens with one attached hydrogen (secondary N) is 1. The first kappa shape index (κ1) is 12.8. The molecule has 0 amide bonds. The first-order valence-corrected chi connectivity index (χ1v) is 6.94.